The van der Waals surface area contributed by atoms with Crippen molar-refractivity contribution in [3.05, 3.63) is 27.5 Å². The number of ether oxygens (including phenoxy) is 1. The van der Waals surface area contributed by atoms with Gasteiger partial charge in [-0.2, -0.15) is 0 Å². The molecule has 1 aromatic carbocycles. The quantitative estimate of drug-likeness (QED) is 0.892. The van der Waals surface area contributed by atoms with E-state index < -0.39 is 11.8 Å². The molecule has 1 aromatic rings. The number of aromatic carboxylic acids is 1. The van der Waals surface area contributed by atoms with Crippen molar-refractivity contribution in [3.63, 3.8) is 0 Å². The molecule has 3 nitrogen and oxygen atoms in total. The molecule has 0 amide bonds. The zero-order valence-corrected chi connectivity index (χ0v) is 9.18. The number of carbonyl (C=O) groups is 1. The summed E-state index contributed by atoms with van der Waals surface area (Å²) in [5.41, 5.74) is -0.163. The number of hydrogen-bond donors (Lipinski definition) is 1. The molecular weight excluding hydrogens is 255 g/mol. The minimum Gasteiger partial charge on any atom is -0.496 e. The van der Waals surface area contributed by atoms with E-state index in [9.17, 15) is 9.18 Å². The maximum atomic E-state index is 13.4. The lowest BCUT2D eigenvalue weighted by Crippen LogP contribution is -2.04. The van der Waals surface area contributed by atoms with Crippen LogP contribution in [0.15, 0.2) is 10.5 Å². The van der Waals surface area contributed by atoms with Crippen molar-refractivity contribution in [3.8, 4) is 5.75 Å². The van der Waals surface area contributed by atoms with Crippen LogP contribution in [0, 0.1) is 12.7 Å². The van der Waals surface area contributed by atoms with Gasteiger partial charge in [-0.15, -0.1) is 0 Å². The van der Waals surface area contributed by atoms with Crippen LogP contribution in [0.3, 0.4) is 0 Å². The van der Waals surface area contributed by atoms with E-state index in [-0.39, 0.29) is 11.1 Å². The van der Waals surface area contributed by atoms with Gasteiger partial charge in [0.2, 0.25) is 0 Å². The first-order valence-electron chi connectivity index (χ1n) is 3.75. The van der Waals surface area contributed by atoms with Gasteiger partial charge < -0.3 is 9.84 Å². The third-order valence-corrected chi connectivity index (χ3v) is 2.82. The Kier molecular flexibility index (Phi) is 3.10. The molecule has 0 aliphatic carbocycles. The van der Waals surface area contributed by atoms with E-state index in [4.69, 9.17) is 9.84 Å². The maximum Gasteiger partial charge on any atom is 0.338 e. The lowest BCUT2D eigenvalue weighted by molar-refractivity contribution is 0.0691. The van der Waals surface area contributed by atoms with E-state index in [2.05, 4.69) is 15.9 Å². The minimum absolute atomic E-state index is 0.224. The highest BCUT2D eigenvalue weighted by molar-refractivity contribution is 9.10. The van der Waals surface area contributed by atoms with Gasteiger partial charge in [0, 0.05) is 5.56 Å². The molecule has 1 N–H and O–H groups in total. The van der Waals surface area contributed by atoms with Gasteiger partial charge in [-0.3, -0.25) is 0 Å². The lowest BCUT2D eigenvalue weighted by atomic mass is 10.1. The van der Waals surface area contributed by atoms with E-state index in [1.165, 1.54) is 14.0 Å². The highest BCUT2D eigenvalue weighted by atomic mass is 79.9. The van der Waals surface area contributed by atoms with Crippen LogP contribution in [-0.4, -0.2) is 18.2 Å². The second-order valence-corrected chi connectivity index (χ2v) is 3.48. The molecule has 0 aliphatic heterocycles. The lowest BCUT2D eigenvalue weighted by Gasteiger charge is -2.09. The smallest absolute Gasteiger partial charge is 0.338 e. The zero-order valence-electron chi connectivity index (χ0n) is 7.60. The van der Waals surface area contributed by atoms with Crippen molar-refractivity contribution >= 4 is 21.9 Å². The fraction of sp³-hybridized carbons (Fsp3) is 0.222. The van der Waals surface area contributed by atoms with Crippen LogP contribution in [0.1, 0.15) is 15.9 Å². The summed E-state index contributed by atoms with van der Waals surface area (Å²) in [5.74, 6) is -1.75. The molecule has 0 heterocycles. The molecule has 0 spiro atoms. The molecule has 0 saturated carbocycles. The standard InChI is InChI=1S/C9H8BrFO3/c1-4-7(10)6(14-2)3-5(8(4)11)9(12)13/h3H,1-2H3,(H,12,13). The van der Waals surface area contributed by atoms with Crippen LogP contribution in [-0.2, 0) is 0 Å². The van der Waals surface area contributed by atoms with Crippen molar-refractivity contribution in [2.75, 3.05) is 7.11 Å². The van der Waals surface area contributed by atoms with Crippen LogP contribution in [0.5, 0.6) is 5.75 Å². The highest BCUT2D eigenvalue weighted by Crippen LogP contribution is 2.32. The highest BCUT2D eigenvalue weighted by Gasteiger charge is 2.18. The zero-order chi connectivity index (χ0) is 10.9. The van der Waals surface area contributed by atoms with Crippen molar-refractivity contribution < 1.29 is 19.0 Å². The maximum absolute atomic E-state index is 13.4. The summed E-state index contributed by atoms with van der Waals surface area (Å²) >= 11 is 3.12. The molecule has 0 fully saturated rings. The van der Waals surface area contributed by atoms with Crippen LogP contribution < -0.4 is 4.74 Å². The Hall–Kier alpha value is -1.10. The summed E-state index contributed by atoms with van der Waals surface area (Å²) in [4.78, 5) is 10.6. The fourth-order valence-electron chi connectivity index (χ4n) is 1.05. The SMILES string of the molecule is COc1cc(C(=O)O)c(F)c(C)c1Br. The number of benzene rings is 1. The third kappa shape index (κ3) is 1.72. The Bertz CT molecular complexity index is 390. The minimum atomic E-state index is -1.31. The summed E-state index contributed by atoms with van der Waals surface area (Å²) in [5, 5.41) is 8.69. The molecule has 0 saturated heterocycles. The average molecular weight is 263 g/mol. The number of halogens is 2. The summed E-state index contributed by atoms with van der Waals surface area (Å²) in [6, 6.07) is 1.15. The molecule has 0 atom stereocenters. The molecule has 0 radical (unpaired) electrons. The molecular formula is C9H8BrFO3. The molecule has 0 unspecified atom stereocenters. The van der Waals surface area contributed by atoms with Gasteiger partial charge in [0.15, 0.2) is 0 Å². The van der Waals surface area contributed by atoms with Crippen molar-refractivity contribution in [2.45, 2.75) is 6.92 Å². The van der Waals surface area contributed by atoms with E-state index in [0.717, 1.165) is 6.07 Å². The topological polar surface area (TPSA) is 46.5 Å². The largest absolute Gasteiger partial charge is 0.496 e. The van der Waals surface area contributed by atoms with Gasteiger partial charge in [-0.25, -0.2) is 9.18 Å². The Labute approximate surface area is 88.6 Å². The average Bonchev–Trinajstić information content (AvgIpc) is 2.14. The second kappa shape index (κ2) is 3.96. The molecule has 5 heteroatoms. The van der Waals surface area contributed by atoms with Gasteiger partial charge in [0.1, 0.15) is 11.6 Å². The van der Waals surface area contributed by atoms with E-state index in [1.54, 1.807) is 0 Å². The van der Waals surface area contributed by atoms with Crippen LogP contribution in [0.2, 0.25) is 0 Å². The fourth-order valence-corrected chi connectivity index (χ4v) is 1.50. The first kappa shape index (κ1) is 11.0. The van der Waals surface area contributed by atoms with Crippen LogP contribution >= 0.6 is 15.9 Å². The van der Waals surface area contributed by atoms with E-state index in [0.29, 0.717) is 10.2 Å². The number of rotatable bonds is 2. The Morgan fingerprint density at radius 2 is 2.21 bits per heavy atom. The molecule has 0 bridgehead atoms. The number of carboxylic acid groups (broad SMARTS) is 1. The summed E-state index contributed by atoms with van der Waals surface area (Å²) in [7, 11) is 1.39. The van der Waals surface area contributed by atoms with Gasteiger partial charge in [0.25, 0.3) is 0 Å². The van der Waals surface area contributed by atoms with Gasteiger partial charge >= 0.3 is 5.97 Å². The Morgan fingerprint density at radius 1 is 1.64 bits per heavy atom. The number of hydrogen-bond acceptors (Lipinski definition) is 2. The van der Waals surface area contributed by atoms with Gasteiger partial charge in [0.05, 0.1) is 17.1 Å². The summed E-state index contributed by atoms with van der Waals surface area (Å²) in [6.45, 7) is 1.48. The normalized spacial score (nSPS) is 10.0. The van der Waals surface area contributed by atoms with E-state index >= 15 is 0 Å². The van der Waals surface area contributed by atoms with Gasteiger partial charge in [-0.1, -0.05) is 0 Å². The van der Waals surface area contributed by atoms with Crippen LogP contribution in [0.25, 0.3) is 0 Å². The van der Waals surface area contributed by atoms with Crippen molar-refractivity contribution in [1.29, 1.82) is 0 Å². The van der Waals surface area contributed by atoms with Crippen LogP contribution in [0.4, 0.5) is 4.39 Å². The molecule has 0 aliphatic rings. The molecule has 1 rings (SSSR count). The third-order valence-electron chi connectivity index (χ3n) is 1.84. The number of methoxy groups -OCH3 is 1. The molecule has 76 valence electrons. The molecule has 14 heavy (non-hydrogen) atoms. The Balaban J connectivity index is 3.48. The predicted molar refractivity (Wildman–Crippen MR) is 52.3 cm³/mol. The summed E-state index contributed by atoms with van der Waals surface area (Å²) in [6.07, 6.45) is 0. The predicted octanol–water partition coefficient (Wildman–Crippen LogP) is 2.60. The first-order chi connectivity index (χ1) is 6.49. The van der Waals surface area contributed by atoms with Crippen molar-refractivity contribution in [1.82, 2.24) is 0 Å². The second-order valence-electron chi connectivity index (χ2n) is 2.68. The molecule has 0 aromatic heterocycles. The Morgan fingerprint density at radius 3 is 2.64 bits per heavy atom. The van der Waals surface area contributed by atoms with Gasteiger partial charge in [-0.05, 0) is 28.9 Å². The first-order valence-corrected chi connectivity index (χ1v) is 4.54. The summed E-state index contributed by atoms with van der Waals surface area (Å²) < 4.78 is 18.7. The van der Waals surface area contributed by atoms with Crippen molar-refractivity contribution in [2.24, 2.45) is 0 Å². The van der Waals surface area contributed by atoms with E-state index in [1.807, 2.05) is 0 Å². The monoisotopic (exact) mass is 262 g/mol. The number of carboxylic acids is 1.